The maximum Gasteiger partial charge on any atom is 0.310 e. The standard InChI is InChI=1S/C16H22ClNO3/c1-11(2)15(19)18(9-12(3)16(20)21-4)10-13-5-7-14(17)8-6-13/h5-8,11-12H,9-10H2,1-4H3. The summed E-state index contributed by atoms with van der Waals surface area (Å²) in [6, 6.07) is 7.34. The molecule has 116 valence electrons. The molecule has 0 aliphatic heterocycles. The van der Waals surface area contributed by atoms with E-state index >= 15 is 0 Å². The fourth-order valence-electron chi connectivity index (χ4n) is 2.01. The molecule has 21 heavy (non-hydrogen) atoms. The predicted molar refractivity (Wildman–Crippen MR) is 82.9 cm³/mol. The van der Waals surface area contributed by atoms with E-state index in [0.717, 1.165) is 5.56 Å². The number of ether oxygens (including phenoxy) is 1. The van der Waals surface area contributed by atoms with Crippen molar-refractivity contribution >= 4 is 23.5 Å². The molecular weight excluding hydrogens is 290 g/mol. The molecule has 5 heteroatoms. The van der Waals surface area contributed by atoms with Crippen LogP contribution in [-0.4, -0.2) is 30.4 Å². The molecule has 1 atom stereocenters. The zero-order chi connectivity index (χ0) is 16.0. The zero-order valence-corrected chi connectivity index (χ0v) is 13.7. The number of esters is 1. The van der Waals surface area contributed by atoms with Gasteiger partial charge in [-0.15, -0.1) is 0 Å². The number of hydrogen-bond acceptors (Lipinski definition) is 3. The lowest BCUT2D eigenvalue weighted by Crippen LogP contribution is -2.39. The molecule has 1 amide bonds. The highest BCUT2D eigenvalue weighted by Gasteiger charge is 2.23. The summed E-state index contributed by atoms with van der Waals surface area (Å²) >= 11 is 5.86. The first-order chi connectivity index (χ1) is 9.85. The first kappa shape index (κ1) is 17.5. The van der Waals surface area contributed by atoms with Gasteiger partial charge in [-0.3, -0.25) is 9.59 Å². The van der Waals surface area contributed by atoms with Crippen LogP contribution in [0.15, 0.2) is 24.3 Å². The van der Waals surface area contributed by atoms with Crippen molar-refractivity contribution in [2.24, 2.45) is 11.8 Å². The van der Waals surface area contributed by atoms with Gasteiger partial charge >= 0.3 is 5.97 Å². The van der Waals surface area contributed by atoms with Crippen molar-refractivity contribution in [3.8, 4) is 0 Å². The van der Waals surface area contributed by atoms with Crippen LogP contribution in [0.2, 0.25) is 5.02 Å². The number of amides is 1. The fourth-order valence-corrected chi connectivity index (χ4v) is 2.14. The van der Waals surface area contributed by atoms with Gasteiger partial charge in [-0.05, 0) is 17.7 Å². The van der Waals surface area contributed by atoms with Gasteiger partial charge in [0.05, 0.1) is 13.0 Å². The highest BCUT2D eigenvalue weighted by molar-refractivity contribution is 6.30. The topological polar surface area (TPSA) is 46.6 Å². The number of benzene rings is 1. The van der Waals surface area contributed by atoms with Gasteiger partial charge in [0.1, 0.15) is 0 Å². The van der Waals surface area contributed by atoms with Crippen LogP contribution in [0.1, 0.15) is 26.3 Å². The SMILES string of the molecule is COC(=O)C(C)CN(Cc1ccc(Cl)cc1)C(=O)C(C)C. The lowest BCUT2D eigenvalue weighted by Gasteiger charge is -2.27. The van der Waals surface area contributed by atoms with Gasteiger partial charge in [-0.2, -0.15) is 0 Å². The van der Waals surface area contributed by atoms with Gasteiger partial charge in [0, 0.05) is 24.0 Å². The molecule has 0 fully saturated rings. The molecule has 1 aromatic carbocycles. The molecule has 0 aliphatic carbocycles. The van der Waals surface area contributed by atoms with Crippen molar-refractivity contribution in [1.29, 1.82) is 0 Å². The number of rotatable bonds is 6. The molecule has 0 saturated heterocycles. The normalized spacial score (nSPS) is 12.1. The molecule has 0 aromatic heterocycles. The highest BCUT2D eigenvalue weighted by Crippen LogP contribution is 2.15. The minimum Gasteiger partial charge on any atom is -0.469 e. The van der Waals surface area contributed by atoms with E-state index in [1.165, 1.54) is 7.11 Å². The van der Waals surface area contributed by atoms with E-state index in [1.807, 2.05) is 26.0 Å². The third-order valence-corrected chi connectivity index (χ3v) is 3.44. The Balaban J connectivity index is 2.84. The first-order valence-electron chi connectivity index (χ1n) is 6.96. The summed E-state index contributed by atoms with van der Waals surface area (Å²) in [6.45, 7) is 6.25. The molecule has 0 heterocycles. The summed E-state index contributed by atoms with van der Waals surface area (Å²) in [6.07, 6.45) is 0. The fraction of sp³-hybridized carbons (Fsp3) is 0.500. The van der Waals surface area contributed by atoms with E-state index in [1.54, 1.807) is 24.0 Å². The van der Waals surface area contributed by atoms with Gasteiger partial charge in [0.15, 0.2) is 0 Å². The van der Waals surface area contributed by atoms with E-state index < -0.39 is 0 Å². The molecular formula is C16H22ClNO3. The summed E-state index contributed by atoms with van der Waals surface area (Å²) in [5, 5.41) is 0.656. The molecule has 0 bridgehead atoms. The van der Waals surface area contributed by atoms with Crippen molar-refractivity contribution in [2.75, 3.05) is 13.7 Å². The van der Waals surface area contributed by atoms with Crippen LogP contribution >= 0.6 is 11.6 Å². The summed E-state index contributed by atoms with van der Waals surface area (Å²) in [5.41, 5.74) is 0.977. The van der Waals surface area contributed by atoms with E-state index in [9.17, 15) is 9.59 Å². The van der Waals surface area contributed by atoms with Crippen molar-refractivity contribution in [3.05, 3.63) is 34.9 Å². The van der Waals surface area contributed by atoms with Crippen LogP contribution < -0.4 is 0 Å². The minimum absolute atomic E-state index is 0.0145. The molecule has 1 unspecified atom stereocenters. The summed E-state index contributed by atoms with van der Waals surface area (Å²) in [4.78, 5) is 25.6. The first-order valence-corrected chi connectivity index (χ1v) is 7.34. The van der Waals surface area contributed by atoms with Crippen LogP contribution in [-0.2, 0) is 20.9 Å². The van der Waals surface area contributed by atoms with Crippen LogP contribution in [0, 0.1) is 11.8 Å². The van der Waals surface area contributed by atoms with Crippen LogP contribution in [0.25, 0.3) is 0 Å². The Kier molecular flexibility index (Phi) is 6.69. The molecule has 0 radical (unpaired) electrons. The molecule has 1 rings (SSSR count). The second kappa shape index (κ2) is 8.03. The average molecular weight is 312 g/mol. The summed E-state index contributed by atoms with van der Waals surface area (Å²) in [5.74, 6) is -0.777. The molecule has 0 saturated carbocycles. The van der Waals surface area contributed by atoms with E-state index in [0.29, 0.717) is 18.1 Å². The number of nitrogens with zero attached hydrogens (tertiary/aromatic N) is 1. The van der Waals surface area contributed by atoms with E-state index in [2.05, 4.69) is 0 Å². The van der Waals surface area contributed by atoms with Crippen LogP contribution in [0.5, 0.6) is 0 Å². The van der Waals surface area contributed by atoms with Crippen LogP contribution in [0.4, 0.5) is 0 Å². The average Bonchev–Trinajstić information content (AvgIpc) is 2.46. The Morgan fingerprint density at radius 1 is 1.19 bits per heavy atom. The highest BCUT2D eigenvalue weighted by atomic mass is 35.5. The predicted octanol–water partition coefficient (Wildman–Crippen LogP) is 3.13. The monoisotopic (exact) mass is 311 g/mol. The van der Waals surface area contributed by atoms with Gasteiger partial charge < -0.3 is 9.64 Å². The van der Waals surface area contributed by atoms with Crippen molar-refractivity contribution < 1.29 is 14.3 Å². The summed E-state index contributed by atoms with van der Waals surface area (Å²) in [7, 11) is 1.35. The van der Waals surface area contributed by atoms with Gasteiger partial charge in [0.25, 0.3) is 0 Å². The summed E-state index contributed by atoms with van der Waals surface area (Å²) < 4.78 is 4.72. The Hall–Kier alpha value is -1.55. The van der Waals surface area contributed by atoms with Gasteiger partial charge in [-0.25, -0.2) is 0 Å². The van der Waals surface area contributed by atoms with Crippen molar-refractivity contribution in [3.63, 3.8) is 0 Å². The number of carbonyl (C=O) groups excluding carboxylic acids is 2. The van der Waals surface area contributed by atoms with E-state index in [-0.39, 0.29) is 23.7 Å². The largest absolute Gasteiger partial charge is 0.469 e. The van der Waals surface area contributed by atoms with Gasteiger partial charge in [0.2, 0.25) is 5.91 Å². The Morgan fingerprint density at radius 2 is 1.76 bits per heavy atom. The molecule has 0 spiro atoms. The van der Waals surface area contributed by atoms with E-state index in [4.69, 9.17) is 16.3 Å². The number of halogens is 1. The Morgan fingerprint density at radius 3 is 2.24 bits per heavy atom. The maximum atomic E-state index is 12.3. The van der Waals surface area contributed by atoms with Gasteiger partial charge in [-0.1, -0.05) is 44.5 Å². The second-order valence-corrected chi connectivity index (χ2v) is 5.86. The Bertz CT molecular complexity index is 485. The molecule has 0 aliphatic rings. The molecule has 4 nitrogen and oxygen atoms in total. The molecule has 1 aromatic rings. The lowest BCUT2D eigenvalue weighted by atomic mass is 10.1. The van der Waals surface area contributed by atoms with Crippen molar-refractivity contribution in [1.82, 2.24) is 4.90 Å². The zero-order valence-electron chi connectivity index (χ0n) is 12.9. The third-order valence-electron chi connectivity index (χ3n) is 3.19. The molecule has 0 N–H and O–H groups in total. The Labute approximate surface area is 131 Å². The number of hydrogen-bond donors (Lipinski definition) is 0. The number of carbonyl (C=O) groups is 2. The second-order valence-electron chi connectivity index (χ2n) is 5.42. The smallest absolute Gasteiger partial charge is 0.310 e. The third kappa shape index (κ3) is 5.38. The minimum atomic E-state index is -0.356. The maximum absolute atomic E-state index is 12.3. The van der Waals surface area contributed by atoms with Crippen LogP contribution in [0.3, 0.4) is 0 Å². The quantitative estimate of drug-likeness (QED) is 0.758. The lowest BCUT2D eigenvalue weighted by molar-refractivity contribution is -0.147. The van der Waals surface area contributed by atoms with Crippen molar-refractivity contribution in [2.45, 2.75) is 27.3 Å². The number of methoxy groups -OCH3 is 1.